The van der Waals surface area contributed by atoms with Crippen LogP contribution in [0.2, 0.25) is 0 Å². The fourth-order valence-electron chi connectivity index (χ4n) is 2.58. The molecule has 0 aliphatic rings. The molecule has 0 spiro atoms. The van der Waals surface area contributed by atoms with Crippen LogP contribution in [0.5, 0.6) is 5.75 Å². The molecule has 0 heterocycles. The van der Waals surface area contributed by atoms with Crippen LogP contribution >= 0.6 is 0 Å². The second-order valence-electron chi connectivity index (χ2n) is 5.58. The number of rotatable bonds is 4. The standard InChI is InChI=1S/C20H16F3NO/c21-20(22,23)25-18-12-10-17(11-13-18)19(24)16-8-6-15(7-9-16)14-4-2-1-3-5-14/h1-13,19H,24H2/t19-/m0/s1. The Morgan fingerprint density at radius 1 is 0.680 bits per heavy atom. The quantitative estimate of drug-likeness (QED) is 0.698. The van der Waals surface area contributed by atoms with Gasteiger partial charge in [0.2, 0.25) is 0 Å². The number of nitrogens with two attached hydrogens (primary N) is 1. The fourth-order valence-corrected chi connectivity index (χ4v) is 2.58. The highest BCUT2D eigenvalue weighted by atomic mass is 19.4. The molecule has 0 saturated carbocycles. The van der Waals surface area contributed by atoms with E-state index >= 15 is 0 Å². The number of ether oxygens (including phenoxy) is 1. The smallest absolute Gasteiger partial charge is 0.406 e. The number of alkyl halides is 3. The lowest BCUT2D eigenvalue weighted by Gasteiger charge is -2.15. The van der Waals surface area contributed by atoms with Crippen LogP contribution in [0.15, 0.2) is 78.9 Å². The summed E-state index contributed by atoms with van der Waals surface area (Å²) >= 11 is 0. The van der Waals surface area contributed by atoms with E-state index in [4.69, 9.17) is 5.73 Å². The maximum atomic E-state index is 12.2. The molecule has 128 valence electrons. The van der Waals surface area contributed by atoms with E-state index in [1.54, 1.807) is 0 Å². The van der Waals surface area contributed by atoms with Crippen molar-refractivity contribution in [1.82, 2.24) is 0 Å². The predicted octanol–water partition coefficient (Wildman–Crippen LogP) is 5.30. The van der Waals surface area contributed by atoms with Crippen LogP contribution in [-0.2, 0) is 0 Å². The third-order valence-corrected chi connectivity index (χ3v) is 3.85. The summed E-state index contributed by atoms with van der Waals surface area (Å²) in [4.78, 5) is 0. The van der Waals surface area contributed by atoms with E-state index in [1.807, 2.05) is 54.6 Å². The second-order valence-corrected chi connectivity index (χ2v) is 5.58. The van der Waals surface area contributed by atoms with E-state index in [1.165, 1.54) is 24.3 Å². The lowest BCUT2D eigenvalue weighted by atomic mass is 9.97. The zero-order valence-electron chi connectivity index (χ0n) is 13.2. The predicted molar refractivity (Wildman–Crippen MR) is 91.0 cm³/mol. The molecule has 0 aliphatic carbocycles. The largest absolute Gasteiger partial charge is 0.573 e. The number of hydrogen-bond donors (Lipinski definition) is 1. The van der Waals surface area contributed by atoms with Crippen molar-refractivity contribution in [3.63, 3.8) is 0 Å². The molecule has 1 atom stereocenters. The van der Waals surface area contributed by atoms with Gasteiger partial charge in [-0.15, -0.1) is 13.2 Å². The number of hydrogen-bond acceptors (Lipinski definition) is 2. The zero-order valence-corrected chi connectivity index (χ0v) is 13.2. The molecule has 25 heavy (non-hydrogen) atoms. The molecule has 3 rings (SSSR count). The van der Waals surface area contributed by atoms with E-state index in [0.717, 1.165) is 16.7 Å². The Labute approximate surface area is 143 Å². The Morgan fingerprint density at radius 3 is 1.68 bits per heavy atom. The molecule has 5 heteroatoms. The monoisotopic (exact) mass is 343 g/mol. The third-order valence-electron chi connectivity index (χ3n) is 3.85. The lowest BCUT2D eigenvalue weighted by molar-refractivity contribution is -0.274. The Morgan fingerprint density at radius 2 is 1.16 bits per heavy atom. The molecule has 0 bridgehead atoms. The molecule has 2 N–H and O–H groups in total. The van der Waals surface area contributed by atoms with Crippen molar-refractivity contribution in [2.24, 2.45) is 5.73 Å². The summed E-state index contributed by atoms with van der Waals surface area (Å²) in [5, 5.41) is 0. The van der Waals surface area contributed by atoms with Gasteiger partial charge in [-0.2, -0.15) is 0 Å². The first kappa shape index (κ1) is 17.0. The van der Waals surface area contributed by atoms with E-state index in [0.29, 0.717) is 5.56 Å². The Kier molecular flexibility index (Phi) is 4.76. The third kappa shape index (κ3) is 4.39. The maximum absolute atomic E-state index is 12.2. The van der Waals surface area contributed by atoms with Crippen LogP contribution in [0.3, 0.4) is 0 Å². The van der Waals surface area contributed by atoms with Gasteiger partial charge >= 0.3 is 6.36 Å². The molecule has 0 aliphatic heterocycles. The first-order valence-electron chi connectivity index (χ1n) is 7.69. The Bertz CT molecular complexity index is 812. The van der Waals surface area contributed by atoms with E-state index in [-0.39, 0.29) is 5.75 Å². The van der Waals surface area contributed by atoms with Crippen LogP contribution in [-0.4, -0.2) is 6.36 Å². The first-order chi connectivity index (χ1) is 11.9. The molecular formula is C20H16F3NO. The zero-order chi connectivity index (χ0) is 17.9. The summed E-state index contributed by atoms with van der Waals surface area (Å²) < 4.78 is 40.5. The van der Waals surface area contributed by atoms with Gasteiger partial charge in [0.05, 0.1) is 6.04 Å². The minimum atomic E-state index is -4.70. The summed E-state index contributed by atoms with van der Waals surface area (Å²) in [6.07, 6.45) is -4.70. The molecule has 0 saturated heterocycles. The molecule has 3 aromatic rings. The molecule has 0 radical (unpaired) electrons. The van der Waals surface area contributed by atoms with E-state index in [9.17, 15) is 13.2 Å². The summed E-state index contributed by atoms with van der Waals surface area (Å²) in [5.41, 5.74) is 9.99. The highest BCUT2D eigenvalue weighted by Gasteiger charge is 2.31. The highest BCUT2D eigenvalue weighted by Crippen LogP contribution is 2.27. The van der Waals surface area contributed by atoms with Crippen molar-refractivity contribution in [2.45, 2.75) is 12.4 Å². The van der Waals surface area contributed by atoms with E-state index < -0.39 is 12.4 Å². The van der Waals surface area contributed by atoms with Crippen molar-refractivity contribution in [2.75, 3.05) is 0 Å². The van der Waals surface area contributed by atoms with Gasteiger partial charge in [-0.05, 0) is 34.4 Å². The number of benzene rings is 3. The van der Waals surface area contributed by atoms with Gasteiger partial charge in [-0.3, -0.25) is 0 Å². The van der Waals surface area contributed by atoms with Crippen LogP contribution in [0.1, 0.15) is 17.2 Å². The highest BCUT2D eigenvalue weighted by molar-refractivity contribution is 5.63. The topological polar surface area (TPSA) is 35.2 Å². The fraction of sp³-hybridized carbons (Fsp3) is 0.100. The van der Waals surface area contributed by atoms with Crippen LogP contribution in [0.4, 0.5) is 13.2 Å². The first-order valence-corrected chi connectivity index (χ1v) is 7.69. The molecule has 0 unspecified atom stereocenters. The van der Waals surface area contributed by atoms with Crippen molar-refractivity contribution in [3.05, 3.63) is 90.0 Å². The normalized spacial score (nSPS) is 12.6. The molecule has 2 nitrogen and oxygen atoms in total. The van der Waals surface area contributed by atoms with Gasteiger partial charge in [0.15, 0.2) is 0 Å². The Hall–Kier alpha value is -2.79. The SMILES string of the molecule is N[C@H](c1ccc(OC(F)(F)F)cc1)c1ccc(-c2ccccc2)cc1. The maximum Gasteiger partial charge on any atom is 0.573 e. The second kappa shape index (κ2) is 6.99. The minimum Gasteiger partial charge on any atom is -0.406 e. The Balaban J connectivity index is 1.75. The van der Waals surface area contributed by atoms with Gasteiger partial charge in [0.1, 0.15) is 5.75 Å². The molecule has 0 amide bonds. The van der Waals surface area contributed by atoms with Gasteiger partial charge in [-0.1, -0.05) is 66.7 Å². The van der Waals surface area contributed by atoms with Crippen LogP contribution in [0.25, 0.3) is 11.1 Å². The van der Waals surface area contributed by atoms with E-state index in [2.05, 4.69) is 4.74 Å². The summed E-state index contributed by atoms with van der Waals surface area (Å²) in [6, 6.07) is 22.9. The van der Waals surface area contributed by atoms with Gasteiger partial charge in [0, 0.05) is 0 Å². The molecule has 3 aromatic carbocycles. The van der Waals surface area contributed by atoms with Crippen molar-refractivity contribution in [3.8, 4) is 16.9 Å². The van der Waals surface area contributed by atoms with Gasteiger partial charge in [-0.25, -0.2) is 0 Å². The summed E-state index contributed by atoms with van der Waals surface area (Å²) in [5.74, 6) is -0.261. The van der Waals surface area contributed by atoms with Crippen LogP contribution in [0, 0.1) is 0 Å². The average Bonchev–Trinajstić information content (AvgIpc) is 2.61. The van der Waals surface area contributed by atoms with Crippen molar-refractivity contribution >= 4 is 0 Å². The van der Waals surface area contributed by atoms with Gasteiger partial charge in [0.25, 0.3) is 0 Å². The summed E-state index contributed by atoms with van der Waals surface area (Å²) in [6.45, 7) is 0. The van der Waals surface area contributed by atoms with Crippen LogP contribution < -0.4 is 10.5 Å². The van der Waals surface area contributed by atoms with Crippen molar-refractivity contribution < 1.29 is 17.9 Å². The molecule has 0 aromatic heterocycles. The average molecular weight is 343 g/mol. The lowest BCUT2D eigenvalue weighted by Crippen LogP contribution is -2.17. The molecule has 0 fully saturated rings. The summed E-state index contributed by atoms with van der Waals surface area (Å²) in [7, 11) is 0. The van der Waals surface area contributed by atoms with Gasteiger partial charge < -0.3 is 10.5 Å². The van der Waals surface area contributed by atoms with Crippen molar-refractivity contribution in [1.29, 1.82) is 0 Å². The number of halogens is 3. The molecular weight excluding hydrogens is 327 g/mol. The minimum absolute atomic E-state index is 0.261.